The summed E-state index contributed by atoms with van der Waals surface area (Å²) in [5, 5.41) is 5.48. The minimum Gasteiger partial charge on any atom is -0.315 e. The van der Waals surface area contributed by atoms with Crippen LogP contribution in [0.25, 0.3) is 0 Å². The molecule has 0 radical (unpaired) electrons. The first-order valence-electron chi connectivity index (χ1n) is 7.44. The van der Waals surface area contributed by atoms with Crippen LogP contribution in [-0.2, 0) is 15.0 Å². The molecule has 0 spiro atoms. The number of fused-ring (bicyclic) bond motifs is 1. The maximum atomic E-state index is 12.6. The molecule has 3 rings (SSSR count). The van der Waals surface area contributed by atoms with E-state index < -0.39 is 0 Å². The maximum Gasteiger partial charge on any atom is 0.249 e. The highest BCUT2D eigenvalue weighted by atomic mass is 32.2. The molecule has 5 nitrogen and oxygen atoms in total. The van der Waals surface area contributed by atoms with Gasteiger partial charge in [0.25, 0.3) is 0 Å². The number of nitrogens with zero attached hydrogens (tertiary/aromatic N) is 2. The van der Waals surface area contributed by atoms with Crippen molar-refractivity contribution in [2.24, 2.45) is 0 Å². The van der Waals surface area contributed by atoms with Gasteiger partial charge in [0.05, 0.1) is 10.6 Å². The third-order valence-corrected chi connectivity index (χ3v) is 6.51. The lowest BCUT2D eigenvalue weighted by Crippen LogP contribution is -2.48. The number of hydrogen-bond donors (Lipinski definition) is 1. The number of aromatic nitrogens is 1. The molecule has 0 bridgehead atoms. The SMILES string of the molecule is CC(C)(C)c1csc(NC(=O)[C@H]2CS[C@@]3(C)CCC(=O)N23)n1. The Balaban J connectivity index is 1.73. The zero-order chi connectivity index (χ0) is 16.1. The summed E-state index contributed by atoms with van der Waals surface area (Å²) in [5.74, 6) is 0.620. The Labute approximate surface area is 138 Å². The second kappa shape index (κ2) is 5.23. The van der Waals surface area contributed by atoms with Gasteiger partial charge in [0.1, 0.15) is 6.04 Å². The maximum absolute atomic E-state index is 12.6. The van der Waals surface area contributed by atoms with Crippen LogP contribution in [0.3, 0.4) is 0 Å². The third-order valence-electron chi connectivity index (χ3n) is 4.25. The molecule has 2 aliphatic rings. The van der Waals surface area contributed by atoms with Crippen LogP contribution < -0.4 is 5.32 Å². The zero-order valence-electron chi connectivity index (χ0n) is 13.3. The van der Waals surface area contributed by atoms with Crippen molar-refractivity contribution in [1.82, 2.24) is 9.88 Å². The molecule has 2 fully saturated rings. The quantitative estimate of drug-likeness (QED) is 0.900. The van der Waals surface area contributed by atoms with Crippen LogP contribution in [0.4, 0.5) is 5.13 Å². The van der Waals surface area contributed by atoms with E-state index in [1.54, 1.807) is 16.7 Å². The smallest absolute Gasteiger partial charge is 0.249 e. The van der Waals surface area contributed by atoms with Crippen molar-refractivity contribution in [3.63, 3.8) is 0 Å². The lowest BCUT2D eigenvalue weighted by molar-refractivity contribution is -0.135. The number of hydrogen-bond acceptors (Lipinski definition) is 5. The Morgan fingerprint density at radius 1 is 1.50 bits per heavy atom. The van der Waals surface area contributed by atoms with E-state index in [-0.39, 0.29) is 28.1 Å². The Hall–Kier alpha value is -1.08. The fraction of sp³-hybridized carbons (Fsp3) is 0.667. The normalized spacial score (nSPS) is 28.1. The molecule has 3 heterocycles. The summed E-state index contributed by atoms with van der Waals surface area (Å²) in [5.41, 5.74) is 0.933. The van der Waals surface area contributed by atoms with Gasteiger partial charge in [-0.1, -0.05) is 20.8 Å². The number of nitrogens with one attached hydrogen (secondary N) is 1. The molecule has 22 heavy (non-hydrogen) atoms. The predicted octanol–water partition coefficient (Wildman–Crippen LogP) is 2.83. The van der Waals surface area contributed by atoms with Crippen LogP contribution >= 0.6 is 23.1 Å². The molecule has 0 aliphatic carbocycles. The fourth-order valence-corrected chi connectivity index (χ4v) is 5.25. The molecule has 2 atom stereocenters. The third kappa shape index (κ3) is 2.65. The van der Waals surface area contributed by atoms with E-state index >= 15 is 0 Å². The summed E-state index contributed by atoms with van der Waals surface area (Å²) < 4.78 is 0. The second-order valence-electron chi connectivity index (χ2n) is 7.04. The number of rotatable bonds is 2. The van der Waals surface area contributed by atoms with Crippen molar-refractivity contribution >= 4 is 40.0 Å². The molecule has 0 saturated carbocycles. The minimum absolute atomic E-state index is 0.0355. The molecule has 0 aromatic carbocycles. The van der Waals surface area contributed by atoms with Crippen LogP contribution in [-0.4, -0.2) is 38.4 Å². The first-order chi connectivity index (χ1) is 10.2. The van der Waals surface area contributed by atoms with Gasteiger partial charge in [-0.2, -0.15) is 0 Å². The van der Waals surface area contributed by atoms with E-state index in [2.05, 4.69) is 38.0 Å². The standard InChI is InChI=1S/C15H21N3O2S2/c1-14(2,3)10-8-21-13(16-10)17-12(20)9-7-22-15(4)6-5-11(19)18(9)15/h8-9H,5-7H2,1-4H3,(H,16,17,20)/t9-,15+/m1/s1. The van der Waals surface area contributed by atoms with Gasteiger partial charge in [0, 0.05) is 23.0 Å². The van der Waals surface area contributed by atoms with Gasteiger partial charge in [-0.25, -0.2) is 4.98 Å². The highest BCUT2D eigenvalue weighted by molar-refractivity contribution is 8.01. The van der Waals surface area contributed by atoms with Crippen molar-refractivity contribution in [1.29, 1.82) is 0 Å². The molecule has 2 aliphatic heterocycles. The monoisotopic (exact) mass is 339 g/mol. The first-order valence-corrected chi connectivity index (χ1v) is 9.30. The molecule has 1 aromatic heterocycles. The number of amides is 2. The van der Waals surface area contributed by atoms with Crippen molar-refractivity contribution < 1.29 is 9.59 Å². The van der Waals surface area contributed by atoms with E-state index in [4.69, 9.17) is 0 Å². The van der Waals surface area contributed by atoms with E-state index in [0.29, 0.717) is 17.3 Å². The van der Waals surface area contributed by atoms with Crippen LogP contribution in [0.5, 0.6) is 0 Å². The summed E-state index contributed by atoms with van der Waals surface area (Å²) in [6, 6.07) is -0.382. The van der Waals surface area contributed by atoms with Crippen molar-refractivity contribution in [3.8, 4) is 0 Å². The van der Waals surface area contributed by atoms with Gasteiger partial charge < -0.3 is 10.2 Å². The molecule has 0 unspecified atom stereocenters. The Morgan fingerprint density at radius 3 is 2.86 bits per heavy atom. The molecule has 7 heteroatoms. The van der Waals surface area contributed by atoms with Crippen LogP contribution in [0, 0.1) is 0 Å². The molecule has 2 amide bonds. The second-order valence-corrected chi connectivity index (χ2v) is 9.40. The van der Waals surface area contributed by atoms with Gasteiger partial charge in [-0.05, 0) is 13.3 Å². The Kier molecular flexibility index (Phi) is 3.76. The number of anilines is 1. The largest absolute Gasteiger partial charge is 0.315 e. The predicted molar refractivity (Wildman–Crippen MR) is 90.2 cm³/mol. The van der Waals surface area contributed by atoms with E-state index in [9.17, 15) is 9.59 Å². The molecule has 1 N–H and O–H groups in total. The number of carbonyl (C=O) groups is 2. The summed E-state index contributed by atoms with van der Waals surface area (Å²) in [6.07, 6.45) is 1.37. The average molecular weight is 339 g/mol. The molecule has 120 valence electrons. The van der Waals surface area contributed by atoms with E-state index in [1.807, 2.05) is 5.38 Å². The van der Waals surface area contributed by atoms with Crippen LogP contribution in [0.1, 0.15) is 46.2 Å². The first kappa shape index (κ1) is 15.8. The highest BCUT2D eigenvalue weighted by Crippen LogP contribution is 2.47. The Morgan fingerprint density at radius 2 is 2.23 bits per heavy atom. The van der Waals surface area contributed by atoms with Gasteiger partial charge in [-0.15, -0.1) is 23.1 Å². The summed E-state index contributed by atoms with van der Waals surface area (Å²) in [4.78, 5) is 30.7. The summed E-state index contributed by atoms with van der Waals surface area (Å²) in [6.45, 7) is 8.33. The topological polar surface area (TPSA) is 62.3 Å². The van der Waals surface area contributed by atoms with E-state index in [0.717, 1.165) is 12.1 Å². The fourth-order valence-electron chi connectivity index (χ4n) is 2.88. The van der Waals surface area contributed by atoms with Gasteiger partial charge in [0.15, 0.2) is 5.13 Å². The average Bonchev–Trinajstić information content (AvgIpc) is 3.06. The van der Waals surface area contributed by atoms with Crippen LogP contribution in [0.2, 0.25) is 0 Å². The number of thioether (sulfide) groups is 1. The zero-order valence-corrected chi connectivity index (χ0v) is 14.9. The summed E-state index contributed by atoms with van der Waals surface area (Å²) >= 11 is 3.14. The van der Waals surface area contributed by atoms with Crippen molar-refractivity contribution in [2.75, 3.05) is 11.1 Å². The number of carbonyl (C=O) groups excluding carboxylic acids is 2. The molecule has 2 saturated heterocycles. The summed E-state index contributed by atoms with van der Waals surface area (Å²) in [7, 11) is 0. The van der Waals surface area contributed by atoms with E-state index in [1.165, 1.54) is 11.3 Å². The minimum atomic E-state index is -0.382. The number of thiazole rings is 1. The van der Waals surface area contributed by atoms with Crippen molar-refractivity contribution in [3.05, 3.63) is 11.1 Å². The van der Waals surface area contributed by atoms with Crippen LogP contribution in [0.15, 0.2) is 5.38 Å². The van der Waals surface area contributed by atoms with Crippen molar-refractivity contribution in [2.45, 2.75) is 56.9 Å². The van der Waals surface area contributed by atoms with Gasteiger partial charge >= 0.3 is 0 Å². The Bertz CT molecular complexity index is 623. The lowest BCUT2D eigenvalue weighted by atomic mass is 9.93. The molecule has 1 aromatic rings. The molecular weight excluding hydrogens is 318 g/mol. The lowest BCUT2D eigenvalue weighted by Gasteiger charge is -2.29. The highest BCUT2D eigenvalue weighted by Gasteiger charge is 2.52. The molecular formula is C15H21N3O2S2. The van der Waals surface area contributed by atoms with Gasteiger partial charge in [-0.3, -0.25) is 9.59 Å². The van der Waals surface area contributed by atoms with Gasteiger partial charge in [0.2, 0.25) is 11.8 Å².